The predicted molar refractivity (Wildman–Crippen MR) is 37.0 cm³/mol. The molecule has 0 bridgehead atoms. The maximum absolute atomic E-state index is 5.19. The molecule has 2 rings (SSSR count). The van der Waals surface area contributed by atoms with Crippen LogP contribution in [-0.4, -0.2) is 35.2 Å². The van der Waals surface area contributed by atoms with Crippen LogP contribution in [0.15, 0.2) is 12.7 Å². The van der Waals surface area contributed by atoms with E-state index in [1.165, 1.54) is 17.3 Å². The van der Waals surface area contributed by atoms with Gasteiger partial charge in [0.2, 0.25) is 0 Å². The Labute approximate surface area is 66.5 Å². The van der Waals surface area contributed by atoms with Crippen molar-refractivity contribution in [2.24, 2.45) is 0 Å². The van der Waals surface area contributed by atoms with Gasteiger partial charge in [0.25, 0.3) is 11.9 Å². The van der Waals surface area contributed by atoms with Gasteiger partial charge in [-0.1, -0.05) is 0 Å². The van der Waals surface area contributed by atoms with Crippen molar-refractivity contribution >= 4 is 5.95 Å². The Morgan fingerprint density at radius 3 is 2.50 bits per heavy atom. The Morgan fingerprint density at radius 1 is 1.17 bits per heavy atom. The van der Waals surface area contributed by atoms with Gasteiger partial charge in [-0.25, -0.2) is 4.98 Å². The van der Waals surface area contributed by atoms with Crippen molar-refractivity contribution in [1.82, 2.24) is 35.2 Å². The Kier molecular flexibility index (Phi) is 1.37. The smallest absolute Gasteiger partial charge is 0.290 e. The third-order valence-corrected chi connectivity index (χ3v) is 1.11. The number of hydrogen-bond donors (Lipinski definition) is 1. The quantitative estimate of drug-likeness (QED) is 0.542. The van der Waals surface area contributed by atoms with E-state index in [4.69, 9.17) is 5.73 Å². The molecule has 0 spiro atoms. The first-order valence-corrected chi connectivity index (χ1v) is 3.04. The lowest BCUT2D eigenvalue weighted by atomic mass is 11.0. The summed E-state index contributed by atoms with van der Waals surface area (Å²) in [5.74, 6) is 0.264. The van der Waals surface area contributed by atoms with E-state index < -0.39 is 0 Å². The average Bonchev–Trinajstić information content (AvgIpc) is 2.58. The molecule has 0 radical (unpaired) electrons. The number of anilines is 1. The maximum atomic E-state index is 5.19. The van der Waals surface area contributed by atoms with E-state index >= 15 is 0 Å². The van der Waals surface area contributed by atoms with E-state index in [0.29, 0.717) is 0 Å². The monoisotopic (exact) mass is 164 g/mol. The van der Waals surface area contributed by atoms with Crippen molar-refractivity contribution in [3.05, 3.63) is 12.7 Å². The Bertz CT molecular complexity index is 349. The highest BCUT2D eigenvalue weighted by Crippen LogP contribution is 1.91. The number of nitrogen functional groups attached to an aromatic ring is 1. The number of aromatic nitrogens is 7. The molecule has 2 N–H and O–H groups in total. The Balaban J connectivity index is 2.43. The van der Waals surface area contributed by atoms with Crippen LogP contribution >= 0.6 is 0 Å². The molecule has 2 heterocycles. The number of nitrogens with two attached hydrogens (primary N) is 1. The average molecular weight is 164 g/mol. The van der Waals surface area contributed by atoms with Crippen LogP contribution in [0.4, 0.5) is 5.95 Å². The molecule has 2 aromatic rings. The molecular formula is C4H4N8. The van der Waals surface area contributed by atoms with Crippen LogP contribution in [0.2, 0.25) is 0 Å². The summed E-state index contributed by atoms with van der Waals surface area (Å²) in [5.41, 5.74) is 5.19. The molecule has 8 heteroatoms. The van der Waals surface area contributed by atoms with Crippen LogP contribution in [-0.2, 0) is 0 Å². The van der Waals surface area contributed by atoms with E-state index in [0.717, 1.165) is 0 Å². The minimum Gasteiger partial charge on any atom is -0.365 e. The Hall–Kier alpha value is -2.12. The molecule has 0 aliphatic rings. The van der Waals surface area contributed by atoms with Crippen LogP contribution in [0.1, 0.15) is 0 Å². The lowest BCUT2D eigenvalue weighted by Gasteiger charge is -1.93. The number of nitrogens with zero attached hydrogens (tertiary/aromatic N) is 7. The lowest BCUT2D eigenvalue weighted by Crippen LogP contribution is -2.07. The second-order valence-electron chi connectivity index (χ2n) is 1.90. The SMILES string of the molecule is Nc1nnc(-n2cncn2)nn1. The normalized spacial score (nSPS) is 10.0. The molecule has 0 saturated heterocycles. The highest BCUT2D eigenvalue weighted by atomic mass is 15.5. The first-order valence-electron chi connectivity index (χ1n) is 3.04. The molecular weight excluding hydrogens is 160 g/mol. The molecule has 12 heavy (non-hydrogen) atoms. The van der Waals surface area contributed by atoms with Gasteiger partial charge in [-0.05, 0) is 0 Å². The maximum Gasteiger partial charge on any atom is 0.290 e. The van der Waals surface area contributed by atoms with E-state index in [1.807, 2.05) is 0 Å². The van der Waals surface area contributed by atoms with Crippen molar-refractivity contribution in [2.75, 3.05) is 5.73 Å². The van der Waals surface area contributed by atoms with Gasteiger partial charge >= 0.3 is 0 Å². The van der Waals surface area contributed by atoms with Crippen molar-refractivity contribution in [3.8, 4) is 5.95 Å². The van der Waals surface area contributed by atoms with E-state index in [9.17, 15) is 0 Å². The van der Waals surface area contributed by atoms with E-state index in [1.54, 1.807) is 0 Å². The summed E-state index contributed by atoms with van der Waals surface area (Å²) in [6, 6.07) is 0. The standard InChI is InChI=1S/C4H4N8/c5-3-8-10-4(11-9-3)12-2-6-1-7-12/h1-2H,(H2,5,8,9). The number of rotatable bonds is 1. The van der Waals surface area contributed by atoms with Crippen LogP contribution in [0.5, 0.6) is 0 Å². The van der Waals surface area contributed by atoms with Crippen molar-refractivity contribution in [3.63, 3.8) is 0 Å². The van der Waals surface area contributed by atoms with Crippen molar-refractivity contribution < 1.29 is 0 Å². The van der Waals surface area contributed by atoms with Crippen LogP contribution < -0.4 is 5.73 Å². The van der Waals surface area contributed by atoms with Crippen molar-refractivity contribution in [1.29, 1.82) is 0 Å². The fourth-order valence-corrected chi connectivity index (χ4v) is 0.635. The fourth-order valence-electron chi connectivity index (χ4n) is 0.635. The van der Waals surface area contributed by atoms with Gasteiger partial charge in [-0.3, -0.25) is 0 Å². The highest BCUT2D eigenvalue weighted by molar-refractivity contribution is 5.10. The zero-order chi connectivity index (χ0) is 8.39. The highest BCUT2D eigenvalue weighted by Gasteiger charge is 2.00. The molecule has 0 aromatic carbocycles. The zero-order valence-electron chi connectivity index (χ0n) is 5.86. The minimum atomic E-state index is 0.0267. The van der Waals surface area contributed by atoms with Crippen LogP contribution in [0, 0.1) is 0 Å². The summed E-state index contributed by atoms with van der Waals surface area (Å²) in [5, 5.41) is 18.0. The molecule has 0 unspecified atom stereocenters. The summed E-state index contributed by atoms with van der Waals surface area (Å²) >= 11 is 0. The van der Waals surface area contributed by atoms with Crippen LogP contribution in [0.25, 0.3) is 5.95 Å². The molecule has 0 aliphatic heterocycles. The third kappa shape index (κ3) is 1.05. The first-order chi connectivity index (χ1) is 5.86. The summed E-state index contributed by atoms with van der Waals surface area (Å²) in [4.78, 5) is 3.71. The molecule has 0 fully saturated rings. The zero-order valence-corrected chi connectivity index (χ0v) is 5.86. The van der Waals surface area contributed by atoms with Gasteiger partial charge in [-0.2, -0.15) is 9.78 Å². The molecule has 60 valence electrons. The Morgan fingerprint density at radius 2 is 1.92 bits per heavy atom. The summed E-state index contributed by atoms with van der Waals surface area (Å²) < 4.78 is 1.33. The van der Waals surface area contributed by atoms with Gasteiger partial charge in [0.1, 0.15) is 12.7 Å². The summed E-state index contributed by atoms with van der Waals surface area (Å²) in [7, 11) is 0. The summed E-state index contributed by atoms with van der Waals surface area (Å²) in [6.45, 7) is 0. The van der Waals surface area contributed by atoms with Crippen LogP contribution in [0.3, 0.4) is 0 Å². The molecule has 0 aliphatic carbocycles. The topological polar surface area (TPSA) is 108 Å². The first kappa shape index (κ1) is 6.58. The lowest BCUT2D eigenvalue weighted by molar-refractivity contribution is 0.733. The molecule has 8 nitrogen and oxygen atoms in total. The number of hydrogen-bond acceptors (Lipinski definition) is 7. The summed E-state index contributed by atoms with van der Waals surface area (Å²) in [6.07, 6.45) is 2.80. The molecule has 2 aromatic heterocycles. The van der Waals surface area contributed by atoms with Gasteiger partial charge in [0.05, 0.1) is 0 Å². The van der Waals surface area contributed by atoms with E-state index in [-0.39, 0.29) is 11.9 Å². The fraction of sp³-hybridized carbons (Fsp3) is 0. The third-order valence-electron chi connectivity index (χ3n) is 1.11. The van der Waals surface area contributed by atoms with Gasteiger partial charge in [0, 0.05) is 0 Å². The minimum absolute atomic E-state index is 0.0267. The van der Waals surface area contributed by atoms with E-state index in [2.05, 4.69) is 30.5 Å². The predicted octanol–water partition coefficient (Wildman–Crippen LogP) is -1.57. The van der Waals surface area contributed by atoms with Crippen molar-refractivity contribution in [2.45, 2.75) is 0 Å². The largest absolute Gasteiger partial charge is 0.365 e. The van der Waals surface area contributed by atoms with Gasteiger partial charge in [0.15, 0.2) is 0 Å². The molecule has 0 atom stereocenters. The van der Waals surface area contributed by atoms with Gasteiger partial charge < -0.3 is 5.73 Å². The molecule has 0 amide bonds. The second-order valence-corrected chi connectivity index (χ2v) is 1.90. The van der Waals surface area contributed by atoms with Gasteiger partial charge in [-0.15, -0.1) is 20.4 Å². The second kappa shape index (κ2) is 2.49. The molecule has 0 saturated carbocycles.